The fraction of sp³-hybridized carbons (Fsp3) is 0.333. The Bertz CT molecular complexity index is 775. The van der Waals surface area contributed by atoms with Gasteiger partial charge in [-0.3, -0.25) is 9.36 Å². The molecule has 0 radical (unpaired) electrons. The van der Waals surface area contributed by atoms with E-state index in [0.717, 1.165) is 21.6 Å². The second-order valence-electron chi connectivity index (χ2n) is 4.95. The van der Waals surface area contributed by atoms with E-state index in [2.05, 4.69) is 5.32 Å². The Balaban J connectivity index is 2.23. The predicted octanol–water partition coefficient (Wildman–Crippen LogP) is 1.01. The van der Waals surface area contributed by atoms with Gasteiger partial charge in [0.1, 0.15) is 5.75 Å². The molecular formula is C15H19N3O3. The summed E-state index contributed by atoms with van der Waals surface area (Å²) in [6.07, 6.45) is 1.56. The molecule has 6 nitrogen and oxygen atoms in total. The maximum absolute atomic E-state index is 12.0. The average Bonchev–Trinajstić information content (AvgIpc) is 2.47. The van der Waals surface area contributed by atoms with Crippen LogP contribution in [0, 0.1) is 6.92 Å². The summed E-state index contributed by atoms with van der Waals surface area (Å²) in [5.41, 5.74) is 1.83. The van der Waals surface area contributed by atoms with Gasteiger partial charge in [0.2, 0.25) is 0 Å². The number of rotatable bonds is 4. The molecule has 1 aromatic carbocycles. The molecule has 0 saturated carbocycles. The SMILES string of the molecule is COc1ccc(NCc2cn(C)c(=O)n(C)c2=O)cc1C. The van der Waals surface area contributed by atoms with E-state index in [1.54, 1.807) is 20.4 Å². The number of aromatic nitrogens is 2. The van der Waals surface area contributed by atoms with E-state index in [0.29, 0.717) is 12.1 Å². The summed E-state index contributed by atoms with van der Waals surface area (Å²) < 4.78 is 7.72. The minimum absolute atomic E-state index is 0.282. The van der Waals surface area contributed by atoms with Crippen molar-refractivity contribution in [2.45, 2.75) is 13.5 Å². The van der Waals surface area contributed by atoms with Crippen LogP contribution < -0.4 is 21.3 Å². The molecule has 0 fully saturated rings. The highest BCUT2D eigenvalue weighted by Crippen LogP contribution is 2.21. The van der Waals surface area contributed by atoms with Gasteiger partial charge < -0.3 is 14.6 Å². The minimum atomic E-state index is -0.330. The first kappa shape index (κ1) is 14.9. The number of aryl methyl sites for hydroxylation is 2. The number of hydrogen-bond donors (Lipinski definition) is 1. The number of anilines is 1. The molecule has 21 heavy (non-hydrogen) atoms. The highest BCUT2D eigenvalue weighted by atomic mass is 16.5. The van der Waals surface area contributed by atoms with Crippen molar-refractivity contribution in [2.24, 2.45) is 14.1 Å². The van der Waals surface area contributed by atoms with Crippen LogP contribution in [0.15, 0.2) is 34.0 Å². The Labute approximate surface area is 122 Å². The monoisotopic (exact) mass is 289 g/mol. The number of hydrogen-bond acceptors (Lipinski definition) is 4. The smallest absolute Gasteiger partial charge is 0.330 e. The predicted molar refractivity (Wildman–Crippen MR) is 82.0 cm³/mol. The van der Waals surface area contributed by atoms with E-state index in [1.165, 1.54) is 11.6 Å². The van der Waals surface area contributed by atoms with Crippen molar-refractivity contribution in [3.63, 3.8) is 0 Å². The molecule has 1 N–H and O–H groups in total. The second kappa shape index (κ2) is 5.87. The molecule has 0 aliphatic heterocycles. The molecule has 6 heteroatoms. The highest BCUT2D eigenvalue weighted by Gasteiger charge is 2.07. The molecule has 0 saturated heterocycles. The van der Waals surface area contributed by atoms with Crippen LogP contribution in [-0.4, -0.2) is 16.2 Å². The first-order valence-electron chi connectivity index (χ1n) is 6.58. The number of ether oxygens (including phenoxy) is 1. The Morgan fingerprint density at radius 2 is 1.95 bits per heavy atom. The quantitative estimate of drug-likeness (QED) is 0.912. The first-order chi connectivity index (χ1) is 9.93. The van der Waals surface area contributed by atoms with Crippen molar-refractivity contribution in [1.82, 2.24) is 9.13 Å². The maximum atomic E-state index is 12.0. The topological polar surface area (TPSA) is 65.3 Å². The molecule has 112 valence electrons. The molecule has 0 amide bonds. The summed E-state index contributed by atoms with van der Waals surface area (Å²) in [7, 11) is 4.73. The third kappa shape index (κ3) is 2.99. The van der Waals surface area contributed by atoms with E-state index in [4.69, 9.17) is 4.74 Å². The van der Waals surface area contributed by atoms with Crippen LogP contribution in [0.4, 0.5) is 5.69 Å². The van der Waals surface area contributed by atoms with Crippen molar-refractivity contribution in [3.8, 4) is 5.75 Å². The Kier molecular flexibility index (Phi) is 4.16. The van der Waals surface area contributed by atoms with E-state index in [9.17, 15) is 9.59 Å². The molecular weight excluding hydrogens is 270 g/mol. The van der Waals surface area contributed by atoms with Crippen LogP contribution >= 0.6 is 0 Å². The van der Waals surface area contributed by atoms with E-state index >= 15 is 0 Å². The summed E-state index contributed by atoms with van der Waals surface area (Å²) in [6, 6.07) is 5.71. The van der Waals surface area contributed by atoms with Crippen LogP contribution in [-0.2, 0) is 20.6 Å². The van der Waals surface area contributed by atoms with E-state index in [1.807, 2.05) is 25.1 Å². The first-order valence-corrected chi connectivity index (χ1v) is 6.58. The molecule has 2 aromatic rings. The molecule has 0 atom stereocenters. The van der Waals surface area contributed by atoms with Gasteiger partial charge in [0.15, 0.2) is 0 Å². The largest absolute Gasteiger partial charge is 0.496 e. The van der Waals surface area contributed by atoms with Gasteiger partial charge in [-0.2, -0.15) is 0 Å². The summed E-state index contributed by atoms with van der Waals surface area (Å²) in [5.74, 6) is 0.818. The molecule has 2 rings (SSSR count). The summed E-state index contributed by atoms with van der Waals surface area (Å²) in [6.45, 7) is 2.31. The van der Waals surface area contributed by atoms with Crippen LogP contribution in [0.5, 0.6) is 5.75 Å². The Morgan fingerprint density at radius 3 is 2.57 bits per heavy atom. The van der Waals surface area contributed by atoms with Crippen LogP contribution in [0.25, 0.3) is 0 Å². The van der Waals surface area contributed by atoms with Gasteiger partial charge in [0, 0.05) is 32.5 Å². The summed E-state index contributed by atoms with van der Waals surface area (Å²) in [5, 5.41) is 3.18. The third-order valence-corrected chi connectivity index (χ3v) is 3.40. The van der Waals surface area contributed by atoms with Crippen molar-refractivity contribution in [3.05, 3.63) is 56.4 Å². The van der Waals surface area contributed by atoms with Gasteiger partial charge in [0.05, 0.1) is 12.7 Å². The van der Waals surface area contributed by atoms with Crippen LogP contribution in [0.2, 0.25) is 0 Å². The molecule has 0 bridgehead atoms. The number of methoxy groups -OCH3 is 1. The molecule has 0 aliphatic rings. The van der Waals surface area contributed by atoms with Crippen molar-refractivity contribution in [2.75, 3.05) is 12.4 Å². The van der Waals surface area contributed by atoms with Gasteiger partial charge in [-0.1, -0.05) is 0 Å². The average molecular weight is 289 g/mol. The summed E-state index contributed by atoms with van der Waals surface area (Å²) >= 11 is 0. The molecule has 0 aliphatic carbocycles. The lowest BCUT2D eigenvalue weighted by molar-refractivity contribution is 0.412. The maximum Gasteiger partial charge on any atom is 0.330 e. The van der Waals surface area contributed by atoms with E-state index < -0.39 is 0 Å². The number of benzene rings is 1. The second-order valence-corrected chi connectivity index (χ2v) is 4.95. The van der Waals surface area contributed by atoms with Crippen LogP contribution in [0.1, 0.15) is 11.1 Å². The van der Waals surface area contributed by atoms with Crippen molar-refractivity contribution in [1.29, 1.82) is 0 Å². The van der Waals surface area contributed by atoms with Gasteiger partial charge in [-0.25, -0.2) is 4.79 Å². The number of nitrogens with one attached hydrogen (secondary N) is 1. The lowest BCUT2D eigenvalue weighted by Crippen LogP contribution is -2.38. The Hall–Kier alpha value is -2.50. The van der Waals surface area contributed by atoms with Gasteiger partial charge in [-0.05, 0) is 30.7 Å². The molecule has 0 spiro atoms. The van der Waals surface area contributed by atoms with Gasteiger partial charge in [0.25, 0.3) is 5.56 Å². The molecule has 1 aromatic heterocycles. The Morgan fingerprint density at radius 1 is 1.24 bits per heavy atom. The molecule has 0 unspecified atom stereocenters. The standard InChI is InChI=1S/C15H19N3O3/c1-10-7-12(5-6-13(10)21-4)16-8-11-9-17(2)15(20)18(3)14(11)19/h5-7,9,16H,8H2,1-4H3. The third-order valence-electron chi connectivity index (χ3n) is 3.40. The lowest BCUT2D eigenvalue weighted by atomic mass is 10.2. The normalized spacial score (nSPS) is 10.5. The fourth-order valence-corrected chi connectivity index (χ4v) is 2.19. The van der Waals surface area contributed by atoms with Crippen LogP contribution in [0.3, 0.4) is 0 Å². The van der Waals surface area contributed by atoms with Gasteiger partial charge in [-0.15, -0.1) is 0 Å². The fourth-order valence-electron chi connectivity index (χ4n) is 2.19. The lowest BCUT2D eigenvalue weighted by Gasteiger charge is -2.11. The summed E-state index contributed by atoms with van der Waals surface area (Å²) in [4.78, 5) is 23.6. The minimum Gasteiger partial charge on any atom is -0.496 e. The van der Waals surface area contributed by atoms with Crippen molar-refractivity contribution < 1.29 is 4.74 Å². The zero-order chi connectivity index (χ0) is 15.6. The zero-order valence-corrected chi connectivity index (χ0v) is 12.6. The zero-order valence-electron chi connectivity index (χ0n) is 12.6. The van der Waals surface area contributed by atoms with E-state index in [-0.39, 0.29) is 11.2 Å². The highest BCUT2D eigenvalue weighted by molar-refractivity contribution is 5.50. The van der Waals surface area contributed by atoms with Crippen molar-refractivity contribution >= 4 is 5.69 Å². The number of nitrogens with zero attached hydrogens (tertiary/aromatic N) is 2. The molecule has 1 heterocycles. The van der Waals surface area contributed by atoms with Gasteiger partial charge >= 0.3 is 5.69 Å².